The minimum Gasteiger partial charge on any atom is -0.326 e. The highest BCUT2D eigenvalue weighted by atomic mass is 19.3. The first-order chi connectivity index (χ1) is 6.15. The second-order valence-corrected chi connectivity index (χ2v) is 3.42. The molecule has 1 aliphatic rings. The summed E-state index contributed by atoms with van der Waals surface area (Å²) in [6, 6.07) is 7.16. The van der Waals surface area contributed by atoms with Crippen LogP contribution in [0.2, 0.25) is 0 Å². The first-order valence-corrected chi connectivity index (χ1v) is 4.31. The number of hydrogen-bond acceptors (Lipinski definition) is 1. The Morgan fingerprint density at radius 2 is 2.00 bits per heavy atom. The zero-order valence-electron chi connectivity index (χ0n) is 7.13. The van der Waals surface area contributed by atoms with Gasteiger partial charge in [0.25, 0.3) is 5.92 Å². The minimum absolute atomic E-state index is 0.0238. The molecule has 70 valence electrons. The summed E-state index contributed by atoms with van der Waals surface area (Å²) in [5.74, 6) is -3.09. The van der Waals surface area contributed by atoms with Gasteiger partial charge in [0.1, 0.15) is 0 Å². The Labute approximate surface area is 75.6 Å². The van der Waals surface area contributed by atoms with Crippen LogP contribution in [0.4, 0.5) is 8.78 Å². The third kappa shape index (κ3) is 1.44. The Bertz CT molecular complexity index is 322. The summed E-state index contributed by atoms with van der Waals surface area (Å²) in [5.41, 5.74) is 7.02. The molecule has 0 bridgehead atoms. The molecule has 1 aromatic rings. The van der Waals surface area contributed by atoms with Crippen molar-refractivity contribution in [2.45, 2.75) is 24.8 Å². The maximum absolute atomic E-state index is 12.8. The molecule has 1 saturated carbocycles. The van der Waals surface area contributed by atoms with Gasteiger partial charge in [-0.1, -0.05) is 24.3 Å². The van der Waals surface area contributed by atoms with Crippen LogP contribution in [0.5, 0.6) is 0 Å². The molecule has 13 heavy (non-hydrogen) atoms. The summed E-state index contributed by atoms with van der Waals surface area (Å²) in [4.78, 5) is 0. The fraction of sp³-hybridized carbons (Fsp3) is 0.400. The summed E-state index contributed by atoms with van der Waals surface area (Å²) >= 11 is 0. The first-order valence-electron chi connectivity index (χ1n) is 4.31. The summed E-state index contributed by atoms with van der Waals surface area (Å²) in [7, 11) is 0. The zero-order valence-corrected chi connectivity index (χ0v) is 7.13. The maximum Gasteiger partial charge on any atom is 0.255 e. The molecule has 1 aliphatic carbocycles. The van der Waals surface area contributed by atoms with Gasteiger partial charge >= 0.3 is 0 Å². The van der Waals surface area contributed by atoms with Crippen LogP contribution in [0.25, 0.3) is 0 Å². The Kier molecular flexibility index (Phi) is 1.84. The van der Waals surface area contributed by atoms with E-state index in [4.69, 9.17) is 5.73 Å². The average Bonchev–Trinajstić information content (AvgIpc) is 2.75. The van der Waals surface area contributed by atoms with Gasteiger partial charge in [-0.15, -0.1) is 0 Å². The van der Waals surface area contributed by atoms with E-state index in [1.165, 1.54) is 0 Å². The van der Waals surface area contributed by atoms with E-state index in [-0.39, 0.29) is 6.42 Å². The normalized spacial score (nSPS) is 24.4. The fourth-order valence-corrected chi connectivity index (χ4v) is 1.61. The lowest BCUT2D eigenvalue weighted by atomic mass is 10.0. The second-order valence-electron chi connectivity index (χ2n) is 3.42. The van der Waals surface area contributed by atoms with E-state index >= 15 is 0 Å². The van der Waals surface area contributed by atoms with Gasteiger partial charge in [0, 0.05) is 13.0 Å². The topological polar surface area (TPSA) is 26.0 Å². The van der Waals surface area contributed by atoms with E-state index in [0.29, 0.717) is 6.54 Å². The Morgan fingerprint density at radius 3 is 2.54 bits per heavy atom. The second kappa shape index (κ2) is 2.77. The summed E-state index contributed by atoms with van der Waals surface area (Å²) < 4.78 is 25.5. The number of nitrogens with two attached hydrogens (primary N) is 1. The summed E-state index contributed by atoms with van der Waals surface area (Å²) in [5, 5.41) is 0. The van der Waals surface area contributed by atoms with E-state index in [1.54, 1.807) is 12.1 Å². The van der Waals surface area contributed by atoms with E-state index in [9.17, 15) is 8.78 Å². The molecule has 0 aromatic heterocycles. The Balaban J connectivity index is 2.31. The van der Waals surface area contributed by atoms with Crippen molar-refractivity contribution in [3.05, 3.63) is 35.4 Å². The van der Waals surface area contributed by atoms with Gasteiger partial charge in [-0.25, -0.2) is 8.78 Å². The van der Waals surface area contributed by atoms with Gasteiger partial charge in [0.2, 0.25) is 0 Å². The van der Waals surface area contributed by atoms with Crippen molar-refractivity contribution < 1.29 is 8.78 Å². The lowest BCUT2D eigenvalue weighted by Gasteiger charge is -2.05. The van der Waals surface area contributed by atoms with E-state index in [2.05, 4.69) is 0 Å². The molecule has 2 N–H and O–H groups in total. The highest BCUT2D eigenvalue weighted by Crippen LogP contribution is 2.56. The van der Waals surface area contributed by atoms with Crippen molar-refractivity contribution in [1.82, 2.24) is 0 Å². The lowest BCUT2D eigenvalue weighted by Crippen LogP contribution is -2.02. The maximum atomic E-state index is 12.8. The molecule has 0 aliphatic heterocycles. The molecule has 0 amide bonds. The Morgan fingerprint density at radius 1 is 1.38 bits per heavy atom. The van der Waals surface area contributed by atoms with Crippen molar-refractivity contribution in [3.8, 4) is 0 Å². The van der Waals surface area contributed by atoms with Crippen LogP contribution in [0, 0.1) is 0 Å². The smallest absolute Gasteiger partial charge is 0.255 e. The standard InChI is InChI=1S/C10H11F2N/c11-10(12)5-9(10)8-4-2-1-3-7(8)6-13/h1-4,9H,5-6,13H2. The van der Waals surface area contributed by atoms with Gasteiger partial charge < -0.3 is 5.73 Å². The molecule has 0 spiro atoms. The van der Waals surface area contributed by atoms with Crippen LogP contribution in [-0.2, 0) is 6.54 Å². The molecular formula is C10H11F2N. The quantitative estimate of drug-likeness (QED) is 0.747. The molecule has 1 unspecified atom stereocenters. The molecule has 1 atom stereocenters. The van der Waals surface area contributed by atoms with Crippen LogP contribution in [0.1, 0.15) is 23.5 Å². The first kappa shape index (κ1) is 8.63. The molecule has 0 saturated heterocycles. The predicted octanol–water partition coefficient (Wildman–Crippen LogP) is 2.27. The van der Waals surface area contributed by atoms with E-state index in [1.807, 2.05) is 12.1 Å². The Hall–Kier alpha value is -0.960. The molecule has 1 aromatic carbocycles. The monoisotopic (exact) mass is 183 g/mol. The molecule has 3 heteroatoms. The number of hydrogen-bond donors (Lipinski definition) is 1. The van der Waals surface area contributed by atoms with Crippen molar-refractivity contribution in [2.24, 2.45) is 5.73 Å². The van der Waals surface area contributed by atoms with Gasteiger partial charge in [0.05, 0.1) is 5.92 Å². The van der Waals surface area contributed by atoms with Gasteiger partial charge in [-0.2, -0.15) is 0 Å². The number of benzene rings is 1. The molecular weight excluding hydrogens is 172 g/mol. The van der Waals surface area contributed by atoms with Gasteiger partial charge in [-0.05, 0) is 11.1 Å². The highest BCUT2D eigenvalue weighted by Gasteiger charge is 2.57. The number of alkyl halides is 2. The van der Waals surface area contributed by atoms with Crippen molar-refractivity contribution in [2.75, 3.05) is 0 Å². The zero-order chi connectivity index (χ0) is 9.47. The molecule has 1 nitrogen and oxygen atoms in total. The van der Waals surface area contributed by atoms with Gasteiger partial charge in [-0.3, -0.25) is 0 Å². The van der Waals surface area contributed by atoms with Crippen molar-refractivity contribution in [3.63, 3.8) is 0 Å². The fourth-order valence-electron chi connectivity index (χ4n) is 1.61. The van der Waals surface area contributed by atoms with Crippen molar-refractivity contribution >= 4 is 0 Å². The highest BCUT2D eigenvalue weighted by molar-refractivity contribution is 5.36. The molecule has 0 radical (unpaired) electrons. The van der Waals surface area contributed by atoms with Crippen LogP contribution < -0.4 is 5.73 Å². The van der Waals surface area contributed by atoms with E-state index in [0.717, 1.165) is 11.1 Å². The van der Waals surface area contributed by atoms with Crippen molar-refractivity contribution in [1.29, 1.82) is 0 Å². The third-order valence-corrected chi connectivity index (χ3v) is 2.48. The SMILES string of the molecule is NCc1ccccc1C1CC1(F)F. The largest absolute Gasteiger partial charge is 0.326 e. The van der Waals surface area contributed by atoms with Crippen LogP contribution in [0.15, 0.2) is 24.3 Å². The van der Waals surface area contributed by atoms with E-state index < -0.39 is 11.8 Å². The average molecular weight is 183 g/mol. The molecule has 1 fully saturated rings. The number of rotatable bonds is 2. The van der Waals surface area contributed by atoms with Gasteiger partial charge in [0.15, 0.2) is 0 Å². The molecule has 0 heterocycles. The van der Waals surface area contributed by atoms with Crippen LogP contribution in [0.3, 0.4) is 0 Å². The summed E-state index contributed by atoms with van der Waals surface area (Å²) in [6.45, 7) is 0.336. The number of halogens is 2. The summed E-state index contributed by atoms with van der Waals surface area (Å²) in [6.07, 6.45) is -0.0238. The predicted molar refractivity (Wildman–Crippen MR) is 46.6 cm³/mol. The van der Waals surface area contributed by atoms with Crippen LogP contribution >= 0.6 is 0 Å². The lowest BCUT2D eigenvalue weighted by molar-refractivity contribution is 0.112. The van der Waals surface area contributed by atoms with Crippen LogP contribution in [-0.4, -0.2) is 5.92 Å². The minimum atomic E-state index is -2.49. The third-order valence-electron chi connectivity index (χ3n) is 2.48. The molecule has 2 rings (SSSR count).